The molecule has 2 rings (SSSR count). The normalized spacial score (nSPS) is 12.0. The van der Waals surface area contributed by atoms with Gasteiger partial charge < -0.3 is 0 Å². The molecule has 0 atom stereocenters. The fraction of sp³-hybridized carbons (Fsp3) is 0.571. The molecule has 0 bridgehead atoms. The van der Waals surface area contributed by atoms with E-state index in [2.05, 4.69) is 20.6 Å². The van der Waals surface area contributed by atoms with Gasteiger partial charge in [0, 0.05) is 0 Å². The fourth-order valence-electron chi connectivity index (χ4n) is 1.27. The summed E-state index contributed by atoms with van der Waals surface area (Å²) in [6, 6.07) is 0. The van der Waals surface area contributed by atoms with Gasteiger partial charge >= 0.3 is 11.0 Å². The molecule has 0 aliphatic heterocycles. The van der Waals surface area contributed by atoms with Gasteiger partial charge in [0.15, 0.2) is 5.82 Å². The van der Waals surface area contributed by atoms with E-state index in [1.54, 1.807) is 6.92 Å². The molecule has 18 heavy (non-hydrogen) atoms. The highest BCUT2D eigenvalue weighted by Gasteiger charge is 2.30. The maximum absolute atomic E-state index is 12.2. The average molecular weight is 280 g/mol. The smallest absolute Gasteiger partial charge is 0.255 e. The van der Waals surface area contributed by atoms with E-state index in [-0.39, 0.29) is 17.2 Å². The van der Waals surface area contributed by atoms with Crippen molar-refractivity contribution >= 4 is 11.3 Å². The number of aryl methyl sites for hydroxylation is 1. The molecule has 0 aromatic carbocycles. The van der Waals surface area contributed by atoms with Crippen LogP contribution in [0.5, 0.6) is 0 Å². The van der Waals surface area contributed by atoms with Crippen molar-refractivity contribution < 1.29 is 13.2 Å². The predicted octanol–water partition coefficient (Wildman–Crippen LogP) is 0.210. The van der Waals surface area contributed by atoms with Gasteiger partial charge in [0.2, 0.25) is 0 Å². The molecule has 11 heteroatoms. The summed E-state index contributed by atoms with van der Waals surface area (Å²) in [5.74, 6) is -0.0697. The third kappa shape index (κ3) is 2.91. The van der Waals surface area contributed by atoms with Crippen LogP contribution in [0.1, 0.15) is 10.8 Å². The summed E-state index contributed by atoms with van der Waals surface area (Å²) in [6.45, 7) is 0.140. The zero-order valence-corrected chi connectivity index (χ0v) is 9.86. The van der Waals surface area contributed by atoms with Gasteiger partial charge in [-0.25, -0.2) is 9.36 Å². The lowest BCUT2D eigenvalue weighted by atomic mass is 10.5. The van der Waals surface area contributed by atoms with Crippen molar-refractivity contribution in [2.24, 2.45) is 0 Å². The molecule has 2 aromatic rings. The molecule has 0 aliphatic carbocycles. The first-order valence-electron chi connectivity index (χ1n) is 4.71. The van der Waals surface area contributed by atoms with Crippen LogP contribution in [0, 0.1) is 6.92 Å². The van der Waals surface area contributed by atoms with Crippen LogP contribution in [0.4, 0.5) is 13.2 Å². The van der Waals surface area contributed by atoms with E-state index in [9.17, 15) is 18.0 Å². The minimum absolute atomic E-state index is 0.0697. The monoisotopic (exact) mass is 280 g/mol. The zero-order valence-electron chi connectivity index (χ0n) is 9.05. The summed E-state index contributed by atoms with van der Waals surface area (Å²) in [4.78, 5) is 11.0. The minimum Gasteiger partial charge on any atom is -0.255 e. The number of alkyl halides is 3. The van der Waals surface area contributed by atoms with Gasteiger partial charge in [-0.2, -0.15) is 18.3 Å². The van der Waals surface area contributed by atoms with Crippen LogP contribution in [0.25, 0.3) is 0 Å². The minimum atomic E-state index is -4.42. The molecule has 0 spiro atoms. The number of hydrogen-bond acceptors (Lipinski definition) is 6. The molecular formula is C7H7F3N6OS. The lowest BCUT2D eigenvalue weighted by molar-refractivity contribution is -0.143. The Morgan fingerprint density at radius 3 is 2.61 bits per heavy atom. The largest absolute Gasteiger partial charge is 0.408 e. The van der Waals surface area contributed by atoms with Crippen LogP contribution in [0.15, 0.2) is 4.79 Å². The number of tetrazole rings is 1. The summed E-state index contributed by atoms with van der Waals surface area (Å²) in [5.41, 5.74) is 0. The van der Waals surface area contributed by atoms with E-state index in [1.165, 1.54) is 0 Å². The Labute approximate surface area is 102 Å². The molecule has 0 radical (unpaired) electrons. The lowest BCUT2D eigenvalue weighted by Crippen LogP contribution is -2.24. The molecule has 98 valence electrons. The number of rotatable bonds is 3. The van der Waals surface area contributed by atoms with E-state index < -0.39 is 12.7 Å². The van der Waals surface area contributed by atoms with Crippen molar-refractivity contribution in [2.75, 3.05) is 0 Å². The van der Waals surface area contributed by atoms with Gasteiger partial charge in [-0.05, 0) is 17.4 Å². The van der Waals surface area contributed by atoms with Gasteiger partial charge in [0.1, 0.15) is 18.1 Å². The Hall–Kier alpha value is -1.78. The Morgan fingerprint density at radius 2 is 2.06 bits per heavy atom. The molecule has 0 saturated carbocycles. The van der Waals surface area contributed by atoms with Gasteiger partial charge in [0.05, 0.1) is 0 Å². The highest BCUT2D eigenvalue weighted by atomic mass is 32.1. The third-order valence-electron chi connectivity index (χ3n) is 1.93. The Balaban J connectivity index is 2.23. The highest BCUT2D eigenvalue weighted by molar-refractivity contribution is 7.08. The number of hydrogen-bond donors (Lipinski definition) is 0. The molecule has 0 N–H and O–H groups in total. The first-order chi connectivity index (χ1) is 8.35. The van der Waals surface area contributed by atoms with E-state index in [0.29, 0.717) is 9.69 Å². The summed E-state index contributed by atoms with van der Waals surface area (Å²) >= 11 is 0.906. The van der Waals surface area contributed by atoms with E-state index >= 15 is 0 Å². The van der Waals surface area contributed by atoms with E-state index in [0.717, 1.165) is 16.0 Å². The van der Waals surface area contributed by atoms with Gasteiger partial charge in [-0.15, -0.1) is 5.10 Å². The quantitative estimate of drug-likeness (QED) is 0.803. The Bertz CT molecular complexity index is 599. The Morgan fingerprint density at radius 1 is 1.33 bits per heavy atom. The number of aromatic nitrogens is 6. The maximum atomic E-state index is 12.2. The summed E-state index contributed by atoms with van der Waals surface area (Å²) in [6.07, 6.45) is -4.42. The fourth-order valence-corrected chi connectivity index (χ4v) is 1.88. The van der Waals surface area contributed by atoms with Crippen molar-refractivity contribution in [1.29, 1.82) is 0 Å². The average Bonchev–Trinajstić information content (AvgIpc) is 2.73. The zero-order chi connectivity index (χ0) is 13.3. The third-order valence-corrected chi connectivity index (χ3v) is 2.70. The van der Waals surface area contributed by atoms with Crippen molar-refractivity contribution in [3.05, 3.63) is 20.5 Å². The van der Waals surface area contributed by atoms with Crippen molar-refractivity contribution in [1.82, 2.24) is 30.0 Å². The van der Waals surface area contributed by atoms with Gasteiger partial charge in [-0.1, -0.05) is 11.3 Å². The molecule has 0 fully saturated rings. The summed E-state index contributed by atoms with van der Waals surface area (Å²) in [7, 11) is 0. The summed E-state index contributed by atoms with van der Waals surface area (Å²) in [5, 5.41) is 14.2. The molecule has 0 unspecified atom stereocenters. The van der Waals surface area contributed by atoms with Crippen molar-refractivity contribution in [2.45, 2.75) is 26.2 Å². The van der Waals surface area contributed by atoms with Crippen LogP contribution >= 0.6 is 11.3 Å². The van der Waals surface area contributed by atoms with Crippen molar-refractivity contribution in [3.63, 3.8) is 0 Å². The molecule has 0 aliphatic rings. The summed E-state index contributed by atoms with van der Waals surface area (Å²) < 4.78 is 38.3. The SMILES string of the molecule is Cc1nn(Cc2nnnn2CC(F)(F)F)c(=O)s1. The second-order valence-electron chi connectivity index (χ2n) is 3.41. The number of halogens is 3. The van der Waals surface area contributed by atoms with E-state index in [1.807, 2.05) is 0 Å². The standard InChI is InChI=1S/C7H7F3N6OS/c1-4-12-15(6(17)18-4)2-5-11-13-14-16(5)3-7(8,9)10/h2-3H2,1H3. The molecule has 2 heterocycles. The van der Waals surface area contributed by atoms with Crippen molar-refractivity contribution in [3.8, 4) is 0 Å². The second kappa shape index (κ2) is 4.48. The van der Waals surface area contributed by atoms with Gasteiger partial charge in [0.25, 0.3) is 0 Å². The van der Waals surface area contributed by atoms with Crippen LogP contribution in [-0.2, 0) is 13.1 Å². The Kier molecular flexibility index (Phi) is 3.15. The second-order valence-corrected chi connectivity index (χ2v) is 4.56. The predicted molar refractivity (Wildman–Crippen MR) is 54.1 cm³/mol. The van der Waals surface area contributed by atoms with Crippen LogP contribution in [0.2, 0.25) is 0 Å². The van der Waals surface area contributed by atoms with E-state index in [4.69, 9.17) is 0 Å². The highest BCUT2D eigenvalue weighted by Crippen LogP contribution is 2.17. The molecule has 0 amide bonds. The van der Waals surface area contributed by atoms with Crippen LogP contribution in [0.3, 0.4) is 0 Å². The molecule has 0 saturated heterocycles. The van der Waals surface area contributed by atoms with Crippen LogP contribution < -0.4 is 4.87 Å². The molecule has 7 nitrogen and oxygen atoms in total. The maximum Gasteiger partial charge on any atom is 0.408 e. The first-order valence-corrected chi connectivity index (χ1v) is 5.53. The number of nitrogens with zero attached hydrogens (tertiary/aromatic N) is 6. The molecular weight excluding hydrogens is 273 g/mol. The van der Waals surface area contributed by atoms with Gasteiger partial charge in [-0.3, -0.25) is 4.79 Å². The topological polar surface area (TPSA) is 78.5 Å². The lowest BCUT2D eigenvalue weighted by Gasteiger charge is -2.07. The molecule has 2 aromatic heterocycles. The first kappa shape index (κ1) is 12.7. The van der Waals surface area contributed by atoms with Crippen LogP contribution in [-0.4, -0.2) is 36.2 Å².